The molecular weight excluding hydrogens is 352 g/mol. The minimum absolute atomic E-state index is 0.0345. The topological polar surface area (TPSA) is 79.3 Å². The maximum absolute atomic E-state index is 9.20. The minimum Gasteiger partial charge on any atom is -0.394 e. The average molecular weight is 377 g/mol. The lowest BCUT2D eigenvalue weighted by molar-refractivity contribution is 0.0699. The molecule has 1 atom stereocenters. The van der Waals surface area contributed by atoms with Gasteiger partial charge < -0.3 is 20.5 Å². The Morgan fingerprint density at radius 1 is 1.27 bits per heavy atom. The maximum Gasteiger partial charge on any atom is 0.126 e. The van der Waals surface area contributed by atoms with Crippen LogP contribution in [0, 0.1) is 5.92 Å². The van der Waals surface area contributed by atoms with Crippen LogP contribution in [-0.4, -0.2) is 47.5 Å². The first-order chi connectivity index (χ1) is 12.7. The lowest BCUT2D eigenvalue weighted by Gasteiger charge is -2.22. The van der Waals surface area contributed by atoms with Gasteiger partial charge in [-0.2, -0.15) is 0 Å². The predicted octanol–water partition coefficient (Wildman–Crippen LogP) is 3.43. The van der Waals surface area contributed by atoms with Crippen LogP contribution in [0.4, 0.5) is 11.5 Å². The number of ether oxygens (including phenoxy) is 1. The smallest absolute Gasteiger partial charge is 0.126 e. The van der Waals surface area contributed by atoms with Gasteiger partial charge in [-0.15, -0.1) is 0 Å². The summed E-state index contributed by atoms with van der Waals surface area (Å²) in [6.45, 7) is 4.53. The number of hydrogen-bond acceptors (Lipinski definition) is 6. The molecule has 1 fully saturated rings. The number of aliphatic hydroxyl groups is 1. The molecule has 2 aromatic rings. The van der Waals surface area contributed by atoms with Crippen molar-refractivity contribution in [2.45, 2.75) is 25.8 Å². The number of nitrogens with one attached hydrogen (secondary N) is 2. The van der Waals surface area contributed by atoms with E-state index in [-0.39, 0.29) is 12.6 Å². The summed E-state index contributed by atoms with van der Waals surface area (Å²) in [5.41, 5.74) is 2.76. The molecule has 3 rings (SSSR count). The molecule has 140 valence electrons. The molecule has 0 aliphatic carbocycles. The summed E-state index contributed by atoms with van der Waals surface area (Å²) in [5.74, 6) is 1.30. The second kappa shape index (κ2) is 9.16. The number of nitrogens with zero attached hydrogens (tertiary/aromatic N) is 2. The zero-order valence-corrected chi connectivity index (χ0v) is 15.7. The highest BCUT2D eigenvalue weighted by molar-refractivity contribution is 6.33. The van der Waals surface area contributed by atoms with E-state index in [0.29, 0.717) is 16.8 Å². The summed E-state index contributed by atoms with van der Waals surface area (Å²) in [4.78, 5) is 8.62. The van der Waals surface area contributed by atoms with Gasteiger partial charge in [0.2, 0.25) is 0 Å². The van der Waals surface area contributed by atoms with Gasteiger partial charge in [0, 0.05) is 55.5 Å². The Labute approximate surface area is 159 Å². The summed E-state index contributed by atoms with van der Waals surface area (Å²) in [5, 5.41) is 16.4. The van der Waals surface area contributed by atoms with Crippen molar-refractivity contribution in [3.8, 4) is 11.1 Å². The Kier molecular flexibility index (Phi) is 6.66. The van der Waals surface area contributed by atoms with E-state index in [4.69, 9.17) is 16.3 Å². The third-order valence-electron chi connectivity index (χ3n) is 4.51. The van der Waals surface area contributed by atoms with E-state index in [1.807, 2.05) is 25.3 Å². The first-order valence-corrected chi connectivity index (χ1v) is 9.33. The Hall–Kier alpha value is -1.89. The third kappa shape index (κ3) is 5.06. The van der Waals surface area contributed by atoms with Crippen LogP contribution in [0.25, 0.3) is 11.1 Å². The Morgan fingerprint density at radius 2 is 2.08 bits per heavy atom. The van der Waals surface area contributed by atoms with E-state index in [1.54, 1.807) is 12.4 Å². The minimum atomic E-state index is -0.0814. The van der Waals surface area contributed by atoms with Gasteiger partial charge in [0.15, 0.2) is 0 Å². The van der Waals surface area contributed by atoms with Crippen molar-refractivity contribution >= 4 is 23.1 Å². The zero-order valence-electron chi connectivity index (χ0n) is 14.9. The highest BCUT2D eigenvalue weighted by atomic mass is 35.5. The summed E-state index contributed by atoms with van der Waals surface area (Å²) in [6.07, 6.45) is 7.42. The second-order valence-electron chi connectivity index (χ2n) is 6.68. The van der Waals surface area contributed by atoms with Crippen molar-refractivity contribution in [2.75, 3.05) is 37.0 Å². The van der Waals surface area contributed by atoms with E-state index in [9.17, 15) is 5.11 Å². The second-order valence-corrected chi connectivity index (χ2v) is 7.08. The molecule has 0 spiro atoms. The maximum atomic E-state index is 9.20. The van der Waals surface area contributed by atoms with Crippen LogP contribution in [0.3, 0.4) is 0 Å². The molecule has 0 amide bonds. The van der Waals surface area contributed by atoms with Crippen molar-refractivity contribution in [2.24, 2.45) is 5.92 Å². The molecule has 6 nitrogen and oxygen atoms in total. The van der Waals surface area contributed by atoms with Gasteiger partial charge in [0.25, 0.3) is 0 Å². The number of hydrogen-bond donors (Lipinski definition) is 3. The van der Waals surface area contributed by atoms with Crippen molar-refractivity contribution in [3.63, 3.8) is 0 Å². The van der Waals surface area contributed by atoms with Gasteiger partial charge in [-0.05, 0) is 37.8 Å². The van der Waals surface area contributed by atoms with Gasteiger partial charge >= 0.3 is 0 Å². The van der Waals surface area contributed by atoms with E-state index >= 15 is 0 Å². The van der Waals surface area contributed by atoms with Gasteiger partial charge in [-0.3, -0.25) is 4.98 Å². The number of rotatable bonds is 7. The van der Waals surface area contributed by atoms with E-state index in [0.717, 1.165) is 49.4 Å². The zero-order chi connectivity index (χ0) is 18.4. The first kappa shape index (κ1) is 18.9. The van der Waals surface area contributed by atoms with Crippen LogP contribution >= 0.6 is 11.6 Å². The Balaban J connectivity index is 1.73. The summed E-state index contributed by atoms with van der Waals surface area (Å²) in [7, 11) is 0. The number of aromatic nitrogens is 2. The van der Waals surface area contributed by atoms with Gasteiger partial charge in [0.05, 0.1) is 17.3 Å². The van der Waals surface area contributed by atoms with Gasteiger partial charge in [-0.25, -0.2) is 4.98 Å². The molecule has 0 bridgehead atoms. The first-order valence-electron chi connectivity index (χ1n) is 8.95. The molecule has 3 N–H and O–H groups in total. The third-order valence-corrected chi connectivity index (χ3v) is 4.81. The van der Waals surface area contributed by atoms with E-state index in [1.165, 1.54) is 0 Å². The summed E-state index contributed by atoms with van der Waals surface area (Å²) in [6, 6.07) is 3.85. The van der Waals surface area contributed by atoms with Crippen LogP contribution in [0.1, 0.15) is 19.8 Å². The number of halogens is 1. The number of aliphatic hydroxyl groups excluding tert-OH is 1. The molecular formula is C19H25ClN4O2. The van der Waals surface area contributed by atoms with Crippen molar-refractivity contribution in [1.82, 2.24) is 9.97 Å². The fourth-order valence-electron chi connectivity index (χ4n) is 2.93. The molecule has 26 heavy (non-hydrogen) atoms. The molecule has 3 heterocycles. The fourth-order valence-corrected chi connectivity index (χ4v) is 3.15. The Morgan fingerprint density at radius 3 is 2.85 bits per heavy atom. The monoisotopic (exact) mass is 376 g/mol. The summed E-state index contributed by atoms with van der Waals surface area (Å²) < 4.78 is 5.41. The van der Waals surface area contributed by atoms with Crippen LogP contribution < -0.4 is 10.6 Å². The van der Waals surface area contributed by atoms with Gasteiger partial charge in [0.1, 0.15) is 5.82 Å². The average Bonchev–Trinajstić information content (AvgIpc) is 2.69. The van der Waals surface area contributed by atoms with Crippen LogP contribution in [-0.2, 0) is 4.74 Å². The lowest BCUT2D eigenvalue weighted by Crippen LogP contribution is -2.22. The lowest BCUT2D eigenvalue weighted by atomic mass is 10.0. The van der Waals surface area contributed by atoms with E-state index < -0.39 is 0 Å². The highest BCUT2D eigenvalue weighted by Gasteiger charge is 2.14. The predicted molar refractivity (Wildman–Crippen MR) is 105 cm³/mol. The standard InChI is InChI=1S/C19H25ClN4O2/c1-13(12-25)24-19-7-17(18(20)11-23-19)15-6-16(10-21-9-15)22-8-14-2-4-26-5-3-14/h6-7,9-11,13-14,22,25H,2-5,8,12H2,1H3,(H,23,24). The Bertz CT molecular complexity index is 722. The molecule has 0 aromatic carbocycles. The van der Waals surface area contributed by atoms with Crippen molar-refractivity contribution in [3.05, 3.63) is 35.7 Å². The van der Waals surface area contributed by atoms with Crippen molar-refractivity contribution < 1.29 is 9.84 Å². The number of pyridine rings is 2. The van der Waals surface area contributed by atoms with Gasteiger partial charge in [-0.1, -0.05) is 11.6 Å². The quantitative estimate of drug-likeness (QED) is 0.687. The molecule has 7 heteroatoms. The SMILES string of the molecule is CC(CO)Nc1cc(-c2cncc(NCC3CCOCC3)c2)c(Cl)cn1. The van der Waals surface area contributed by atoms with E-state index in [2.05, 4.69) is 20.6 Å². The van der Waals surface area contributed by atoms with Crippen LogP contribution in [0.15, 0.2) is 30.7 Å². The summed E-state index contributed by atoms with van der Waals surface area (Å²) >= 11 is 6.35. The molecule has 1 aliphatic rings. The fraction of sp³-hybridized carbons (Fsp3) is 0.474. The number of anilines is 2. The van der Waals surface area contributed by atoms with Crippen LogP contribution in [0.5, 0.6) is 0 Å². The molecule has 1 aliphatic heterocycles. The van der Waals surface area contributed by atoms with Crippen molar-refractivity contribution in [1.29, 1.82) is 0 Å². The normalized spacial score (nSPS) is 16.3. The van der Waals surface area contributed by atoms with Crippen LogP contribution in [0.2, 0.25) is 5.02 Å². The largest absolute Gasteiger partial charge is 0.394 e. The molecule has 2 aromatic heterocycles. The molecule has 0 saturated carbocycles. The molecule has 0 radical (unpaired) electrons. The molecule has 1 unspecified atom stereocenters. The highest BCUT2D eigenvalue weighted by Crippen LogP contribution is 2.30. The molecule has 1 saturated heterocycles.